The van der Waals surface area contributed by atoms with Gasteiger partial charge in [-0.2, -0.15) is 0 Å². The van der Waals surface area contributed by atoms with Gasteiger partial charge in [0.1, 0.15) is 6.61 Å². The minimum Gasteiger partial charge on any atom is -0.367 e. The number of para-hydroxylation sites is 1. The van der Waals surface area contributed by atoms with Gasteiger partial charge in [0.2, 0.25) is 0 Å². The first kappa shape index (κ1) is 9.81. The van der Waals surface area contributed by atoms with Gasteiger partial charge in [0.05, 0.1) is 18.9 Å². The Labute approximate surface area is 93.8 Å². The normalized spacial score (nSPS) is 28.6. The van der Waals surface area contributed by atoms with Gasteiger partial charge in [0.15, 0.2) is 5.72 Å². The van der Waals surface area contributed by atoms with Gasteiger partial charge < -0.3 is 9.47 Å². The molecule has 1 aromatic rings. The molecule has 3 rings (SSSR count). The Hall–Kier alpha value is -1.39. The molecule has 0 N–H and O–H groups in total. The van der Waals surface area contributed by atoms with Crippen molar-refractivity contribution in [2.75, 3.05) is 18.1 Å². The van der Waals surface area contributed by atoms with Gasteiger partial charge in [-0.25, -0.2) is 0 Å². The molecule has 1 amide bonds. The summed E-state index contributed by atoms with van der Waals surface area (Å²) in [5.41, 5.74) is 1.35. The SMILES string of the molecule is CC12COCC(=O)N1c1ccccc1CO2. The molecule has 1 fully saturated rings. The Kier molecular flexibility index (Phi) is 2.02. The third-order valence-corrected chi connectivity index (χ3v) is 3.09. The maximum Gasteiger partial charge on any atom is 0.255 e. The van der Waals surface area contributed by atoms with Crippen molar-refractivity contribution in [3.8, 4) is 0 Å². The van der Waals surface area contributed by atoms with Crippen LogP contribution in [0, 0.1) is 0 Å². The molecule has 1 atom stereocenters. The number of amides is 1. The van der Waals surface area contributed by atoms with Crippen LogP contribution in [-0.4, -0.2) is 24.8 Å². The molecule has 2 heterocycles. The van der Waals surface area contributed by atoms with Gasteiger partial charge in [-0.3, -0.25) is 9.69 Å². The van der Waals surface area contributed by atoms with Crippen LogP contribution in [0.1, 0.15) is 12.5 Å². The average Bonchev–Trinajstić information content (AvgIpc) is 2.28. The zero-order valence-electron chi connectivity index (χ0n) is 9.10. The Morgan fingerprint density at radius 1 is 1.31 bits per heavy atom. The van der Waals surface area contributed by atoms with E-state index >= 15 is 0 Å². The van der Waals surface area contributed by atoms with Crippen LogP contribution in [-0.2, 0) is 20.9 Å². The Balaban J connectivity index is 2.12. The van der Waals surface area contributed by atoms with Crippen molar-refractivity contribution in [1.29, 1.82) is 0 Å². The highest BCUT2D eigenvalue weighted by Gasteiger charge is 2.44. The van der Waals surface area contributed by atoms with E-state index in [1.165, 1.54) is 0 Å². The fourth-order valence-corrected chi connectivity index (χ4v) is 2.30. The highest BCUT2D eigenvalue weighted by Crippen LogP contribution is 2.36. The lowest BCUT2D eigenvalue weighted by atomic mass is 10.0. The van der Waals surface area contributed by atoms with Gasteiger partial charge >= 0.3 is 0 Å². The van der Waals surface area contributed by atoms with Crippen LogP contribution < -0.4 is 4.90 Å². The molecule has 0 radical (unpaired) electrons. The van der Waals surface area contributed by atoms with E-state index in [-0.39, 0.29) is 12.5 Å². The van der Waals surface area contributed by atoms with Crippen LogP contribution in [0.2, 0.25) is 0 Å². The largest absolute Gasteiger partial charge is 0.367 e. The smallest absolute Gasteiger partial charge is 0.255 e. The highest BCUT2D eigenvalue weighted by molar-refractivity contribution is 5.97. The second kappa shape index (κ2) is 3.30. The van der Waals surface area contributed by atoms with Gasteiger partial charge in [0.25, 0.3) is 5.91 Å². The van der Waals surface area contributed by atoms with E-state index in [4.69, 9.17) is 9.47 Å². The van der Waals surface area contributed by atoms with Crippen LogP contribution in [0.3, 0.4) is 0 Å². The van der Waals surface area contributed by atoms with Crippen LogP contribution in [0.15, 0.2) is 24.3 Å². The molecule has 0 bridgehead atoms. The van der Waals surface area contributed by atoms with E-state index in [9.17, 15) is 4.79 Å². The van der Waals surface area contributed by atoms with Gasteiger partial charge in [0, 0.05) is 5.56 Å². The van der Waals surface area contributed by atoms with Crippen molar-refractivity contribution in [3.63, 3.8) is 0 Å². The van der Waals surface area contributed by atoms with E-state index in [1.54, 1.807) is 4.90 Å². The summed E-state index contributed by atoms with van der Waals surface area (Å²) < 4.78 is 11.0. The minimum atomic E-state index is -0.649. The maximum atomic E-state index is 11.9. The van der Waals surface area contributed by atoms with Crippen molar-refractivity contribution in [2.24, 2.45) is 0 Å². The third kappa shape index (κ3) is 1.27. The number of nitrogens with zero attached hydrogens (tertiary/aromatic N) is 1. The zero-order valence-corrected chi connectivity index (χ0v) is 9.10. The summed E-state index contributed by atoms with van der Waals surface area (Å²) in [6, 6.07) is 7.83. The summed E-state index contributed by atoms with van der Waals surface area (Å²) in [5, 5.41) is 0. The Morgan fingerprint density at radius 3 is 3.00 bits per heavy atom. The Morgan fingerprint density at radius 2 is 2.12 bits per heavy atom. The molecule has 0 saturated carbocycles. The number of carbonyl (C=O) groups is 1. The predicted octanol–water partition coefficient (Wildman–Crippen LogP) is 1.30. The van der Waals surface area contributed by atoms with E-state index in [0.717, 1.165) is 11.3 Å². The number of ether oxygens (including phenoxy) is 2. The molecular weight excluding hydrogens is 206 g/mol. The first-order chi connectivity index (χ1) is 7.71. The standard InChI is InChI=1S/C12H13NO3/c1-12-8-15-7-11(14)13(12)10-5-3-2-4-9(10)6-16-12/h2-5H,6-8H2,1H3. The number of hydrogen-bond acceptors (Lipinski definition) is 3. The lowest BCUT2D eigenvalue weighted by molar-refractivity contribution is -0.156. The molecule has 2 aliphatic rings. The van der Waals surface area contributed by atoms with Crippen LogP contribution in [0.25, 0.3) is 0 Å². The fourth-order valence-electron chi connectivity index (χ4n) is 2.30. The summed E-state index contributed by atoms with van der Waals surface area (Å²) in [6.07, 6.45) is 0. The summed E-state index contributed by atoms with van der Waals surface area (Å²) in [6.45, 7) is 2.97. The molecule has 16 heavy (non-hydrogen) atoms. The summed E-state index contributed by atoms with van der Waals surface area (Å²) in [7, 11) is 0. The van der Waals surface area contributed by atoms with E-state index in [2.05, 4.69) is 0 Å². The topological polar surface area (TPSA) is 38.8 Å². The van der Waals surface area contributed by atoms with E-state index in [0.29, 0.717) is 13.2 Å². The molecule has 1 aromatic carbocycles. The lowest BCUT2D eigenvalue weighted by Crippen LogP contribution is -2.61. The molecule has 2 aliphatic heterocycles. The molecule has 4 heteroatoms. The van der Waals surface area contributed by atoms with Crippen LogP contribution >= 0.6 is 0 Å². The zero-order chi connectivity index (χ0) is 11.2. The first-order valence-corrected chi connectivity index (χ1v) is 5.33. The second-order valence-corrected chi connectivity index (χ2v) is 4.31. The van der Waals surface area contributed by atoms with Crippen molar-refractivity contribution in [2.45, 2.75) is 19.3 Å². The number of anilines is 1. The molecule has 0 aromatic heterocycles. The third-order valence-electron chi connectivity index (χ3n) is 3.09. The summed E-state index contributed by atoms with van der Waals surface area (Å²) >= 11 is 0. The number of hydrogen-bond donors (Lipinski definition) is 0. The lowest BCUT2D eigenvalue weighted by Gasteiger charge is -2.47. The maximum absolute atomic E-state index is 11.9. The van der Waals surface area contributed by atoms with Crippen LogP contribution in [0.5, 0.6) is 0 Å². The number of benzene rings is 1. The Bertz CT molecular complexity index is 446. The highest BCUT2D eigenvalue weighted by atomic mass is 16.6. The monoisotopic (exact) mass is 219 g/mol. The van der Waals surface area contributed by atoms with Gasteiger partial charge in [-0.15, -0.1) is 0 Å². The van der Waals surface area contributed by atoms with E-state index < -0.39 is 5.72 Å². The molecule has 4 nitrogen and oxygen atoms in total. The molecular formula is C12H13NO3. The van der Waals surface area contributed by atoms with Crippen molar-refractivity contribution in [3.05, 3.63) is 29.8 Å². The molecule has 1 saturated heterocycles. The molecule has 1 unspecified atom stereocenters. The van der Waals surface area contributed by atoms with Crippen molar-refractivity contribution >= 4 is 11.6 Å². The second-order valence-electron chi connectivity index (χ2n) is 4.31. The first-order valence-electron chi connectivity index (χ1n) is 5.33. The van der Waals surface area contributed by atoms with Crippen molar-refractivity contribution in [1.82, 2.24) is 0 Å². The number of morpholine rings is 1. The summed E-state index contributed by atoms with van der Waals surface area (Å²) in [4.78, 5) is 13.6. The molecule has 84 valence electrons. The van der Waals surface area contributed by atoms with Crippen LogP contribution in [0.4, 0.5) is 5.69 Å². The van der Waals surface area contributed by atoms with Gasteiger partial charge in [-0.05, 0) is 13.0 Å². The predicted molar refractivity (Wildman–Crippen MR) is 57.9 cm³/mol. The van der Waals surface area contributed by atoms with Gasteiger partial charge in [-0.1, -0.05) is 18.2 Å². The number of fused-ring (bicyclic) bond motifs is 3. The number of rotatable bonds is 0. The minimum absolute atomic E-state index is 0.0408. The molecule has 0 aliphatic carbocycles. The van der Waals surface area contributed by atoms with Crippen molar-refractivity contribution < 1.29 is 14.3 Å². The quantitative estimate of drug-likeness (QED) is 0.660. The number of carbonyl (C=O) groups excluding carboxylic acids is 1. The fraction of sp³-hybridized carbons (Fsp3) is 0.417. The van der Waals surface area contributed by atoms with E-state index in [1.807, 2.05) is 31.2 Å². The summed E-state index contributed by atoms with van der Waals surface area (Å²) in [5.74, 6) is -0.0408. The average molecular weight is 219 g/mol. The molecule has 0 spiro atoms.